The Morgan fingerprint density at radius 1 is 0.844 bits per heavy atom. The largest absolute Gasteiger partial charge is 0.491 e. The molecule has 1 aliphatic heterocycles. The van der Waals surface area contributed by atoms with Crippen molar-refractivity contribution >= 4 is 23.1 Å². The normalized spacial score (nSPS) is 13.8. The Labute approximate surface area is 188 Å². The molecule has 1 heterocycles. The first kappa shape index (κ1) is 21.4. The van der Waals surface area contributed by atoms with Gasteiger partial charge in [0.05, 0.1) is 18.2 Å². The van der Waals surface area contributed by atoms with Crippen molar-refractivity contribution < 1.29 is 14.3 Å². The molecule has 0 fully saturated rings. The van der Waals surface area contributed by atoms with Gasteiger partial charge >= 0.3 is 0 Å². The molecule has 0 atom stereocenters. The third-order valence-electron chi connectivity index (χ3n) is 5.19. The third-order valence-corrected chi connectivity index (χ3v) is 5.19. The summed E-state index contributed by atoms with van der Waals surface area (Å²) in [6.07, 6.45) is 0.0508. The second-order valence-electron chi connectivity index (χ2n) is 8.11. The summed E-state index contributed by atoms with van der Waals surface area (Å²) < 4.78 is 5.72. The van der Waals surface area contributed by atoms with E-state index < -0.39 is 0 Å². The molecule has 0 aromatic heterocycles. The second kappa shape index (κ2) is 9.10. The summed E-state index contributed by atoms with van der Waals surface area (Å²) >= 11 is 0. The van der Waals surface area contributed by atoms with E-state index in [0.29, 0.717) is 11.1 Å². The lowest BCUT2D eigenvalue weighted by Crippen LogP contribution is -2.31. The highest BCUT2D eigenvalue weighted by atomic mass is 16.5. The summed E-state index contributed by atoms with van der Waals surface area (Å²) in [6.45, 7) is 6.14. The molecule has 162 valence electrons. The fraction of sp³-hybridized carbons (Fsp3) is 0.185. The number of imide groups is 1. The lowest BCUT2D eigenvalue weighted by molar-refractivity contribution is -0.137. The van der Waals surface area contributed by atoms with Crippen molar-refractivity contribution in [2.45, 2.75) is 33.4 Å². The molecule has 0 radical (unpaired) electrons. The Kier molecular flexibility index (Phi) is 6.08. The maximum atomic E-state index is 13.4. The second-order valence-corrected chi connectivity index (χ2v) is 8.11. The van der Waals surface area contributed by atoms with Crippen molar-refractivity contribution in [3.63, 3.8) is 0 Å². The highest BCUT2D eigenvalue weighted by Gasteiger charge is 2.39. The van der Waals surface area contributed by atoms with Crippen LogP contribution in [0.5, 0.6) is 5.75 Å². The first-order valence-electron chi connectivity index (χ1n) is 10.7. The van der Waals surface area contributed by atoms with Crippen LogP contribution < -0.4 is 10.1 Å². The molecule has 0 saturated heterocycles. The van der Waals surface area contributed by atoms with Gasteiger partial charge in [0.2, 0.25) is 0 Å². The van der Waals surface area contributed by atoms with E-state index in [4.69, 9.17) is 4.74 Å². The Hall–Kier alpha value is -3.86. The zero-order valence-electron chi connectivity index (χ0n) is 18.5. The van der Waals surface area contributed by atoms with Crippen LogP contribution in [0.3, 0.4) is 0 Å². The molecule has 0 spiro atoms. The highest BCUT2D eigenvalue weighted by Crippen LogP contribution is 2.32. The fourth-order valence-corrected chi connectivity index (χ4v) is 3.62. The van der Waals surface area contributed by atoms with Crippen molar-refractivity contribution in [2.24, 2.45) is 0 Å². The van der Waals surface area contributed by atoms with Gasteiger partial charge in [0, 0.05) is 5.69 Å². The molecule has 3 aromatic rings. The predicted octanol–water partition coefficient (Wildman–Crippen LogP) is 5.17. The first-order chi connectivity index (χ1) is 15.4. The van der Waals surface area contributed by atoms with Crippen LogP contribution in [0.25, 0.3) is 5.57 Å². The van der Waals surface area contributed by atoms with E-state index in [0.717, 1.165) is 22.6 Å². The molecule has 0 unspecified atom stereocenters. The van der Waals surface area contributed by atoms with E-state index in [1.54, 1.807) is 0 Å². The van der Waals surface area contributed by atoms with Crippen molar-refractivity contribution in [3.05, 3.63) is 101 Å². The van der Waals surface area contributed by atoms with Crippen LogP contribution in [-0.4, -0.2) is 22.8 Å². The van der Waals surface area contributed by atoms with Crippen LogP contribution in [0, 0.1) is 6.92 Å². The standard InChI is InChI=1S/C27H26N2O3/c1-18(2)32-23-15-11-21(12-16-23)24-25(28-22-13-9-19(3)10-14-22)27(31)29(26(24)30)17-20-7-5-4-6-8-20/h4-16,18,28H,17H2,1-3H3. The van der Waals surface area contributed by atoms with Crippen molar-refractivity contribution in [1.82, 2.24) is 4.90 Å². The molecule has 32 heavy (non-hydrogen) atoms. The number of hydrogen-bond acceptors (Lipinski definition) is 4. The lowest BCUT2D eigenvalue weighted by Gasteiger charge is -2.15. The Balaban J connectivity index is 1.71. The zero-order valence-corrected chi connectivity index (χ0v) is 18.5. The van der Waals surface area contributed by atoms with E-state index in [1.165, 1.54) is 4.90 Å². The smallest absolute Gasteiger partial charge is 0.278 e. The van der Waals surface area contributed by atoms with Gasteiger partial charge in [0.15, 0.2) is 0 Å². The van der Waals surface area contributed by atoms with Crippen LogP contribution in [0.2, 0.25) is 0 Å². The SMILES string of the molecule is Cc1ccc(NC2=C(c3ccc(OC(C)C)cc3)C(=O)N(Cc3ccccc3)C2=O)cc1. The van der Waals surface area contributed by atoms with E-state index in [1.807, 2.05) is 99.6 Å². The topological polar surface area (TPSA) is 58.6 Å². The number of aryl methyl sites for hydroxylation is 1. The summed E-state index contributed by atoms with van der Waals surface area (Å²) in [5.74, 6) is 0.0678. The molecule has 3 aromatic carbocycles. The summed E-state index contributed by atoms with van der Waals surface area (Å²) in [7, 11) is 0. The summed E-state index contributed by atoms with van der Waals surface area (Å²) in [6, 6.07) is 24.5. The van der Waals surface area contributed by atoms with Crippen LogP contribution in [0.4, 0.5) is 5.69 Å². The summed E-state index contributed by atoms with van der Waals surface area (Å²) in [4.78, 5) is 28.1. The van der Waals surface area contributed by atoms with Crippen molar-refractivity contribution in [3.8, 4) is 5.75 Å². The molecule has 4 rings (SSSR count). The first-order valence-corrected chi connectivity index (χ1v) is 10.7. The minimum Gasteiger partial charge on any atom is -0.491 e. The van der Waals surface area contributed by atoms with Gasteiger partial charge in [-0.15, -0.1) is 0 Å². The number of carbonyl (C=O) groups is 2. The molecule has 5 nitrogen and oxygen atoms in total. The maximum Gasteiger partial charge on any atom is 0.278 e. The van der Waals surface area contributed by atoms with Crippen molar-refractivity contribution in [2.75, 3.05) is 5.32 Å². The summed E-state index contributed by atoms with van der Waals surface area (Å²) in [5.41, 5.74) is 4.08. The zero-order chi connectivity index (χ0) is 22.7. The Morgan fingerprint density at radius 2 is 1.50 bits per heavy atom. The van der Waals surface area contributed by atoms with E-state index >= 15 is 0 Å². The number of hydrogen-bond donors (Lipinski definition) is 1. The number of amides is 2. The molecule has 0 aliphatic carbocycles. The van der Waals surface area contributed by atoms with Crippen LogP contribution in [0.15, 0.2) is 84.6 Å². The van der Waals surface area contributed by atoms with Gasteiger partial charge in [-0.2, -0.15) is 0 Å². The molecule has 1 N–H and O–H groups in total. The average Bonchev–Trinajstić information content (AvgIpc) is 3.00. The van der Waals surface area contributed by atoms with E-state index in [9.17, 15) is 9.59 Å². The van der Waals surface area contributed by atoms with Gasteiger partial charge in [-0.3, -0.25) is 14.5 Å². The van der Waals surface area contributed by atoms with Gasteiger partial charge in [0.1, 0.15) is 11.4 Å². The van der Waals surface area contributed by atoms with Gasteiger partial charge in [-0.05, 0) is 56.2 Å². The van der Waals surface area contributed by atoms with E-state index in [2.05, 4.69) is 5.32 Å². The monoisotopic (exact) mass is 426 g/mol. The number of anilines is 1. The quantitative estimate of drug-likeness (QED) is 0.529. The van der Waals surface area contributed by atoms with Gasteiger partial charge in [-0.25, -0.2) is 0 Å². The number of nitrogens with one attached hydrogen (secondary N) is 1. The molecule has 2 amide bonds. The number of carbonyl (C=O) groups excluding carboxylic acids is 2. The molecule has 0 saturated carbocycles. The Morgan fingerprint density at radius 3 is 2.12 bits per heavy atom. The van der Waals surface area contributed by atoms with E-state index in [-0.39, 0.29) is 30.2 Å². The van der Waals surface area contributed by atoms with Gasteiger partial charge in [-0.1, -0.05) is 60.2 Å². The van der Waals surface area contributed by atoms with Crippen molar-refractivity contribution in [1.29, 1.82) is 0 Å². The number of ether oxygens (including phenoxy) is 1. The number of benzene rings is 3. The number of nitrogens with zero attached hydrogens (tertiary/aromatic N) is 1. The van der Waals surface area contributed by atoms with Crippen LogP contribution in [0.1, 0.15) is 30.5 Å². The number of rotatable bonds is 7. The molecular formula is C27H26N2O3. The minimum absolute atomic E-state index is 0.0508. The minimum atomic E-state index is -0.336. The molecule has 5 heteroatoms. The predicted molar refractivity (Wildman–Crippen MR) is 126 cm³/mol. The van der Waals surface area contributed by atoms with Gasteiger partial charge in [0.25, 0.3) is 11.8 Å². The highest BCUT2D eigenvalue weighted by molar-refractivity contribution is 6.36. The molecule has 0 bridgehead atoms. The lowest BCUT2D eigenvalue weighted by atomic mass is 10.0. The molecular weight excluding hydrogens is 400 g/mol. The Bertz CT molecular complexity index is 1150. The third kappa shape index (κ3) is 4.57. The van der Waals surface area contributed by atoms with Crippen LogP contribution in [-0.2, 0) is 16.1 Å². The maximum absolute atomic E-state index is 13.4. The van der Waals surface area contributed by atoms with Crippen LogP contribution >= 0.6 is 0 Å². The average molecular weight is 427 g/mol. The molecule has 1 aliphatic rings. The summed E-state index contributed by atoms with van der Waals surface area (Å²) in [5, 5.41) is 3.20. The fourth-order valence-electron chi connectivity index (χ4n) is 3.62. The van der Waals surface area contributed by atoms with Gasteiger partial charge < -0.3 is 10.1 Å².